The molecule has 1 saturated heterocycles. The van der Waals surface area contributed by atoms with E-state index in [1.807, 2.05) is 0 Å². The number of carbonyl (C=O) groups is 1. The van der Waals surface area contributed by atoms with Gasteiger partial charge in [0.25, 0.3) is 0 Å². The van der Waals surface area contributed by atoms with E-state index in [9.17, 15) is 4.79 Å². The summed E-state index contributed by atoms with van der Waals surface area (Å²) in [6.45, 7) is 0. The highest BCUT2D eigenvalue weighted by Crippen LogP contribution is 2.41. The SMILES string of the molecule is O=C1CCCC(C2SCCCS2)C1. The Morgan fingerprint density at radius 2 is 1.92 bits per heavy atom. The molecule has 1 nitrogen and oxygen atoms in total. The number of hydrogen-bond donors (Lipinski definition) is 0. The Bertz CT molecular complexity index is 187. The minimum Gasteiger partial charge on any atom is -0.300 e. The molecule has 13 heavy (non-hydrogen) atoms. The minimum atomic E-state index is 0.503. The van der Waals surface area contributed by atoms with Crippen molar-refractivity contribution in [3.63, 3.8) is 0 Å². The molecular weight excluding hydrogens is 200 g/mol. The predicted octanol–water partition coefficient (Wildman–Crippen LogP) is 2.94. The molecule has 0 aromatic carbocycles. The number of rotatable bonds is 1. The predicted molar refractivity (Wildman–Crippen MR) is 60.3 cm³/mol. The zero-order valence-electron chi connectivity index (χ0n) is 7.83. The van der Waals surface area contributed by atoms with Gasteiger partial charge in [0, 0.05) is 12.8 Å². The monoisotopic (exact) mass is 216 g/mol. The molecule has 1 aliphatic heterocycles. The molecule has 0 radical (unpaired) electrons. The average Bonchev–Trinajstić information content (AvgIpc) is 2.19. The van der Waals surface area contributed by atoms with E-state index in [1.165, 1.54) is 24.3 Å². The molecule has 1 saturated carbocycles. The lowest BCUT2D eigenvalue weighted by Crippen LogP contribution is -2.24. The summed E-state index contributed by atoms with van der Waals surface area (Å²) in [5.41, 5.74) is 0. The lowest BCUT2D eigenvalue weighted by atomic mass is 9.90. The van der Waals surface area contributed by atoms with Gasteiger partial charge in [0.15, 0.2) is 0 Å². The van der Waals surface area contributed by atoms with Crippen molar-refractivity contribution in [3.8, 4) is 0 Å². The maximum Gasteiger partial charge on any atom is 0.133 e. The molecule has 2 aliphatic rings. The van der Waals surface area contributed by atoms with E-state index in [0.29, 0.717) is 11.7 Å². The van der Waals surface area contributed by atoms with Gasteiger partial charge in [-0.2, -0.15) is 0 Å². The molecule has 2 fully saturated rings. The number of Topliss-reactive ketones (excluding diaryl/α,β-unsaturated/α-hetero) is 1. The number of hydrogen-bond acceptors (Lipinski definition) is 3. The highest BCUT2D eigenvalue weighted by atomic mass is 32.2. The van der Waals surface area contributed by atoms with Crippen molar-refractivity contribution in [1.29, 1.82) is 0 Å². The van der Waals surface area contributed by atoms with Gasteiger partial charge in [0.05, 0.1) is 4.58 Å². The summed E-state index contributed by atoms with van der Waals surface area (Å²) in [5.74, 6) is 3.81. The van der Waals surface area contributed by atoms with E-state index < -0.39 is 0 Å². The van der Waals surface area contributed by atoms with Gasteiger partial charge in [-0.15, -0.1) is 23.5 Å². The van der Waals surface area contributed by atoms with Gasteiger partial charge in [-0.1, -0.05) is 0 Å². The molecule has 0 bridgehead atoms. The van der Waals surface area contributed by atoms with Crippen molar-refractivity contribution in [2.75, 3.05) is 11.5 Å². The molecule has 3 heteroatoms. The molecule has 1 atom stereocenters. The van der Waals surface area contributed by atoms with Crippen LogP contribution in [0.15, 0.2) is 0 Å². The number of carbonyl (C=O) groups excluding carboxylic acids is 1. The third kappa shape index (κ3) is 2.66. The van der Waals surface area contributed by atoms with Crippen LogP contribution in [0.25, 0.3) is 0 Å². The first-order chi connectivity index (χ1) is 6.36. The van der Waals surface area contributed by atoms with E-state index in [-0.39, 0.29) is 0 Å². The van der Waals surface area contributed by atoms with Crippen molar-refractivity contribution in [2.45, 2.75) is 36.7 Å². The lowest BCUT2D eigenvalue weighted by Gasteiger charge is -2.31. The van der Waals surface area contributed by atoms with Crippen LogP contribution in [0.1, 0.15) is 32.1 Å². The van der Waals surface area contributed by atoms with E-state index in [1.54, 1.807) is 0 Å². The van der Waals surface area contributed by atoms with Gasteiger partial charge in [-0.25, -0.2) is 0 Å². The lowest BCUT2D eigenvalue weighted by molar-refractivity contribution is -0.121. The topological polar surface area (TPSA) is 17.1 Å². The number of ketones is 1. The van der Waals surface area contributed by atoms with Gasteiger partial charge in [0.2, 0.25) is 0 Å². The number of thioether (sulfide) groups is 2. The Hall–Kier alpha value is 0.370. The molecule has 1 heterocycles. The highest BCUT2D eigenvalue weighted by molar-refractivity contribution is 8.17. The second-order valence-corrected chi connectivity index (χ2v) is 6.66. The van der Waals surface area contributed by atoms with Crippen molar-refractivity contribution in [3.05, 3.63) is 0 Å². The first-order valence-corrected chi connectivity index (χ1v) is 7.21. The van der Waals surface area contributed by atoms with Crippen LogP contribution in [-0.4, -0.2) is 21.9 Å². The summed E-state index contributed by atoms with van der Waals surface area (Å²) in [4.78, 5) is 11.3. The maximum absolute atomic E-state index is 11.3. The summed E-state index contributed by atoms with van der Waals surface area (Å²) in [6, 6.07) is 0. The fourth-order valence-electron chi connectivity index (χ4n) is 2.07. The standard InChI is InChI=1S/C10H16OS2/c11-9-4-1-3-8(7-9)10-12-5-2-6-13-10/h8,10H,1-7H2. The maximum atomic E-state index is 11.3. The fraction of sp³-hybridized carbons (Fsp3) is 0.900. The first kappa shape index (κ1) is 9.91. The van der Waals surface area contributed by atoms with E-state index in [0.717, 1.165) is 23.8 Å². The van der Waals surface area contributed by atoms with Crippen LogP contribution in [0, 0.1) is 5.92 Å². The zero-order valence-corrected chi connectivity index (χ0v) is 9.46. The molecule has 0 N–H and O–H groups in total. The largest absolute Gasteiger partial charge is 0.300 e. The molecule has 0 aromatic rings. The molecule has 0 spiro atoms. The molecule has 74 valence electrons. The second-order valence-electron chi connectivity index (χ2n) is 3.86. The molecule has 0 amide bonds. The third-order valence-corrected chi connectivity index (χ3v) is 6.05. The Labute approximate surface area is 88.4 Å². The molecule has 0 aromatic heterocycles. The Balaban J connectivity index is 1.87. The highest BCUT2D eigenvalue weighted by Gasteiger charge is 2.29. The van der Waals surface area contributed by atoms with Crippen LogP contribution in [0.3, 0.4) is 0 Å². The normalized spacial score (nSPS) is 32.0. The molecule has 2 rings (SSSR count). The Morgan fingerprint density at radius 3 is 2.62 bits per heavy atom. The second kappa shape index (κ2) is 4.74. The average molecular weight is 216 g/mol. The molecule has 1 unspecified atom stereocenters. The van der Waals surface area contributed by atoms with Gasteiger partial charge >= 0.3 is 0 Å². The van der Waals surface area contributed by atoms with Crippen molar-refractivity contribution in [1.82, 2.24) is 0 Å². The Kier molecular flexibility index (Phi) is 3.61. The van der Waals surface area contributed by atoms with E-state index >= 15 is 0 Å². The summed E-state index contributed by atoms with van der Waals surface area (Å²) in [5, 5.41) is 0. The summed E-state index contributed by atoms with van der Waals surface area (Å²) in [6.07, 6.45) is 5.49. The van der Waals surface area contributed by atoms with Crippen molar-refractivity contribution < 1.29 is 4.79 Å². The molecule has 1 aliphatic carbocycles. The van der Waals surface area contributed by atoms with Gasteiger partial charge in [0.1, 0.15) is 5.78 Å². The van der Waals surface area contributed by atoms with Gasteiger partial charge < -0.3 is 0 Å². The van der Waals surface area contributed by atoms with E-state index in [4.69, 9.17) is 0 Å². The summed E-state index contributed by atoms with van der Waals surface area (Å²) in [7, 11) is 0. The first-order valence-electron chi connectivity index (χ1n) is 5.11. The van der Waals surface area contributed by atoms with Gasteiger partial charge in [-0.3, -0.25) is 4.79 Å². The Morgan fingerprint density at radius 1 is 1.15 bits per heavy atom. The fourth-order valence-corrected chi connectivity index (χ4v) is 5.31. The summed E-state index contributed by atoms with van der Waals surface area (Å²) < 4.78 is 0.734. The van der Waals surface area contributed by atoms with Crippen molar-refractivity contribution >= 4 is 29.3 Å². The van der Waals surface area contributed by atoms with E-state index in [2.05, 4.69) is 23.5 Å². The van der Waals surface area contributed by atoms with Crippen LogP contribution in [0.2, 0.25) is 0 Å². The van der Waals surface area contributed by atoms with Crippen LogP contribution >= 0.6 is 23.5 Å². The zero-order chi connectivity index (χ0) is 9.10. The third-order valence-electron chi connectivity index (χ3n) is 2.76. The summed E-state index contributed by atoms with van der Waals surface area (Å²) >= 11 is 4.16. The van der Waals surface area contributed by atoms with Crippen LogP contribution in [-0.2, 0) is 4.79 Å². The van der Waals surface area contributed by atoms with Gasteiger partial charge in [-0.05, 0) is 36.7 Å². The van der Waals surface area contributed by atoms with Crippen LogP contribution in [0.4, 0.5) is 0 Å². The van der Waals surface area contributed by atoms with Crippen LogP contribution < -0.4 is 0 Å². The van der Waals surface area contributed by atoms with Crippen molar-refractivity contribution in [2.24, 2.45) is 5.92 Å². The van der Waals surface area contributed by atoms with Crippen LogP contribution in [0.5, 0.6) is 0 Å². The minimum absolute atomic E-state index is 0.503. The molecular formula is C10H16OS2. The smallest absolute Gasteiger partial charge is 0.133 e. The quantitative estimate of drug-likeness (QED) is 0.671.